The third kappa shape index (κ3) is 1.69. The maximum Gasteiger partial charge on any atom is 0.233 e. The van der Waals surface area contributed by atoms with E-state index in [9.17, 15) is 4.79 Å². The van der Waals surface area contributed by atoms with E-state index in [2.05, 4.69) is 11.4 Å². The number of thioether (sulfide) groups is 1. The van der Waals surface area contributed by atoms with Crippen LogP contribution in [-0.4, -0.2) is 22.7 Å². The van der Waals surface area contributed by atoms with Gasteiger partial charge in [0.25, 0.3) is 0 Å². The highest BCUT2D eigenvalue weighted by molar-refractivity contribution is 8.03. The number of amidine groups is 1. The fourth-order valence-corrected chi connectivity index (χ4v) is 3.60. The van der Waals surface area contributed by atoms with Gasteiger partial charge in [-0.3, -0.25) is 15.1 Å². The lowest BCUT2D eigenvalue weighted by Gasteiger charge is -2.14. The van der Waals surface area contributed by atoms with E-state index in [0.717, 1.165) is 34.0 Å². The van der Waals surface area contributed by atoms with Crippen molar-refractivity contribution in [3.8, 4) is 0 Å². The molecule has 1 aromatic carbocycles. The standard InChI is InChI=1S/C14H13N3OS/c15-13-9(7-12(18)17(13)8-5-6-8)14-16-10-3-1-2-4-11(10)19-14/h1-4,8,15-16H,5-7H2. The van der Waals surface area contributed by atoms with Gasteiger partial charge in [0.2, 0.25) is 5.91 Å². The highest BCUT2D eigenvalue weighted by atomic mass is 32.2. The zero-order valence-electron chi connectivity index (χ0n) is 10.3. The van der Waals surface area contributed by atoms with Crippen molar-refractivity contribution in [2.24, 2.45) is 0 Å². The minimum absolute atomic E-state index is 0.0772. The van der Waals surface area contributed by atoms with Crippen molar-refractivity contribution in [1.29, 1.82) is 5.41 Å². The van der Waals surface area contributed by atoms with Gasteiger partial charge in [0.1, 0.15) is 5.84 Å². The molecule has 0 radical (unpaired) electrons. The first-order valence-electron chi connectivity index (χ1n) is 6.42. The van der Waals surface area contributed by atoms with Gasteiger partial charge < -0.3 is 5.32 Å². The molecule has 5 heteroatoms. The monoisotopic (exact) mass is 271 g/mol. The summed E-state index contributed by atoms with van der Waals surface area (Å²) < 4.78 is 0. The van der Waals surface area contributed by atoms with Crippen molar-refractivity contribution in [3.63, 3.8) is 0 Å². The minimum Gasteiger partial charge on any atom is -0.349 e. The predicted octanol–water partition coefficient (Wildman–Crippen LogP) is 2.79. The van der Waals surface area contributed by atoms with Crippen LogP contribution in [0.5, 0.6) is 0 Å². The van der Waals surface area contributed by atoms with E-state index < -0.39 is 0 Å². The van der Waals surface area contributed by atoms with Gasteiger partial charge in [-0.1, -0.05) is 23.9 Å². The quantitative estimate of drug-likeness (QED) is 0.825. The lowest BCUT2D eigenvalue weighted by molar-refractivity contribution is -0.125. The SMILES string of the molecule is N=C1C(=C2Nc3ccccc3S2)CC(=O)N1C1CC1. The van der Waals surface area contributed by atoms with Gasteiger partial charge in [-0.15, -0.1) is 0 Å². The van der Waals surface area contributed by atoms with Crippen LogP contribution in [0, 0.1) is 5.41 Å². The molecule has 1 amide bonds. The zero-order valence-corrected chi connectivity index (χ0v) is 11.1. The van der Waals surface area contributed by atoms with Crippen LogP contribution in [0.4, 0.5) is 5.69 Å². The number of nitrogens with zero attached hydrogens (tertiary/aromatic N) is 1. The lowest BCUT2D eigenvalue weighted by Crippen LogP contribution is -2.31. The highest BCUT2D eigenvalue weighted by Crippen LogP contribution is 2.44. The summed E-state index contributed by atoms with van der Waals surface area (Å²) in [5.41, 5.74) is 1.92. The van der Waals surface area contributed by atoms with Gasteiger partial charge in [-0.2, -0.15) is 0 Å². The highest BCUT2D eigenvalue weighted by Gasteiger charge is 2.42. The van der Waals surface area contributed by atoms with E-state index in [1.54, 1.807) is 16.7 Å². The van der Waals surface area contributed by atoms with Gasteiger partial charge in [-0.05, 0) is 25.0 Å². The van der Waals surface area contributed by atoms with E-state index in [1.165, 1.54) is 0 Å². The summed E-state index contributed by atoms with van der Waals surface area (Å²) in [5, 5.41) is 12.5. The van der Waals surface area contributed by atoms with Crippen LogP contribution in [0.15, 0.2) is 39.8 Å². The van der Waals surface area contributed by atoms with Crippen molar-refractivity contribution in [3.05, 3.63) is 34.9 Å². The van der Waals surface area contributed by atoms with E-state index in [0.29, 0.717) is 12.3 Å². The predicted molar refractivity (Wildman–Crippen MR) is 75.2 cm³/mol. The third-order valence-electron chi connectivity index (χ3n) is 3.66. The zero-order chi connectivity index (χ0) is 13.0. The molecule has 0 spiro atoms. The number of hydrogen-bond acceptors (Lipinski definition) is 4. The number of fused-ring (bicyclic) bond motifs is 1. The van der Waals surface area contributed by atoms with E-state index in [4.69, 9.17) is 5.41 Å². The van der Waals surface area contributed by atoms with E-state index >= 15 is 0 Å². The molecule has 96 valence electrons. The van der Waals surface area contributed by atoms with E-state index in [-0.39, 0.29) is 11.9 Å². The molecule has 2 fully saturated rings. The number of rotatable bonds is 1. The van der Waals surface area contributed by atoms with Crippen LogP contribution in [0.1, 0.15) is 19.3 Å². The molecule has 19 heavy (non-hydrogen) atoms. The Kier molecular flexibility index (Phi) is 2.26. The molecule has 2 aliphatic heterocycles. The molecule has 1 saturated carbocycles. The maximum absolute atomic E-state index is 12.0. The summed E-state index contributed by atoms with van der Waals surface area (Å²) >= 11 is 1.62. The van der Waals surface area contributed by atoms with Crippen molar-refractivity contribution < 1.29 is 4.79 Å². The molecule has 4 nitrogen and oxygen atoms in total. The van der Waals surface area contributed by atoms with E-state index in [1.807, 2.05) is 18.2 Å². The number of benzene rings is 1. The lowest BCUT2D eigenvalue weighted by atomic mass is 10.2. The number of para-hydroxylation sites is 1. The molecule has 1 aromatic rings. The Hall–Kier alpha value is -1.75. The molecule has 1 aliphatic carbocycles. The summed E-state index contributed by atoms with van der Waals surface area (Å²) in [7, 11) is 0. The summed E-state index contributed by atoms with van der Waals surface area (Å²) in [4.78, 5) is 14.9. The Morgan fingerprint density at radius 3 is 2.84 bits per heavy atom. The first-order valence-corrected chi connectivity index (χ1v) is 7.24. The molecule has 0 atom stereocenters. The summed E-state index contributed by atoms with van der Waals surface area (Å²) in [6.45, 7) is 0. The molecular formula is C14H13N3OS. The van der Waals surface area contributed by atoms with Crippen LogP contribution in [0.25, 0.3) is 0 Å². The molecule has 0 bridgehead atoms. The van der Waals surface area contributed by atoms with Crippen molar-refractivity contribution >= 4 is 29.2 Å². The Balaban J connectivity index is 1.69. The van der Waals surface area contributed by atoms with Crippen molar-refractivity contribution in [2.45, 2.75) is 30.2 Å². The number of likely N-dealkylation sites (tertiary alicyclic amines) is 1. The van der Waals surface area contributed by atoms with Gasteiger partial charge in [0, 0.05) is 16.5 Å². The first kappa shape index (κ1) is 11.1. The second-order valence-corrected chi connectivity index (χ2v) is 6.10. The smallest absolute Gasteiger partial charge is 0.233 e. The van der Waals surface area contributed by atoms with Crippen molar-refractivity contribution in [2.75, 3.05) is 5.32 Å². The van der Waals surface area contributed by atoms with Crippen LogP contribution in [0.3, 0.4) is 0 Å². The molecule has 3 aliphatic rings. The van der Waals surface area contributed by atoms with Gasteiger partial charge in [0.15, 0.2) is 0 Å². The first-order chi connectivity index (χ1) is 9.24. The van der Waals surface area contributed by atoms with Gasteiger partial charge in [0.05, 0.1) is 17.1 Å². The van der Waals surface area contributed by atoms with Crippen LogP contribution in [-0.2, 0) is 4.79 Å². The van der Waals surface area contributed by atoms with Crippen molar-refractivity contribution in [1.82, 2.24) is 4.90 Å². The second-order valence-electron chi connectivity index (χ2n) is 5.05. The Bertz CT molecular complexity index is 606. The fourth-order valence-electron chi connectivity index (χ4n) is 2.55. The molecule has 2 heterocycles. The van der Waals surface area contributed by atoms with Crippen LogP contribution >= 0.6 is 11.8 Å². The number of carbonyl (C=O) groups excluding carboxylic acids is 1. The molecule has 1 saturated heterocycles. The molecule has 0 unspecified atom stereocenters. The molecule has 0 aromatic heterocycles. The maximum atomic E-state index is 12.0. The van der Waals surface area contributed by atoms with Crippen LogP contribution < -0.4 is 5.32 Å². The average molecular weight is 271 g/mol. The van der Waals surface area contributed by atoms with Gasteiger partial charge >= 0.3 is 0 Å². The van der Waals surface area contributed by atoms with Gasteiger partial charge in [-0.25, -0.2) is 0 Å². The second kappa shape index (κ2) is 3.87. The molecular weight excluding hydrogens is 258 g/mol. The fraction of sp³-hybridized carbons (Fsp3) is 0.286. The summed E-state index contributed by atoms with van der Waals surface area (Å²) in [5.74, 6) is 0.476. The third-order valence-corrected chi connectivity index (χ3v) is 4.79. The summed E-state index contributed by atoms with van der Waals surface area (Å²) in [6, 6.07) is 8.35. The number of carbonyl (C=O) groups is 1. The number of anilines is 1. The average Bonchev–Trinajstić information content (AvgIpc) is 3.05. The Morgan fingerprint density at radius 1 is 1.32 bits per heavy atom. The summed E-state index contributed by atoms with van der Waals surface area (Å²) in [6.07, 6.45) is 2.44. The Morgan fingerprint density at radius 2 is 2.11 bits per heavy atom. The number of amides is 1. The molecule has 4 rings (SSSR count). The Labute approximate surface area is 115 Å². The molecule has 2 N–H and O–H groups in total. The topological polar surface area (TPSA) is 56.2 Å². The largest absolute Gasteiger partial charge is 0.349 e. The number of nitrogens with one attached hydrogen (secondary N) is 2. The number of hydrogen-bond donors (Lipinski definition) is 2. The minimum atomic E-state index is 0.0772. The normalized spacial score (nSPS) is 25.8. The van der Waals surface area contributed by atoms with Crippen LogP contribution in [0.2, 0.25) is 0 Å².